The summed E-state index contributed by atoms with van der Waals surface area (Å²) < 4.78 is 62.2. The Hall–Kier alpha value is -1.41. The zero-order valence-corrected chi connectivity index (χ0v) is 10.3. The molecule has 0 heterocycles. The summed E-state index contributed by atoms with van der Waals surface area (Å²) in [6.45, 7) is 0. The van der Waals surface area contributed by atoms with Crippen LogP contribution in [0.15, 0.2) is 0 Å². The molecule has 0 aromatic carbocycles. The number of hydrogen-bond acceptors (Lipinski definition) is 2. The van der Waals surface area contributed by atoms with Gasteiger partial charge < -0.3 is 10.4 Å². The van der Waals surface area contributed by atoms with Crippen LogP contribution in [0.1, 0.15) is 32.1 Å². The van der Waals surface area contributed by atoms with Gasteiger partial charge in [-0.15, -0.1) is 0 Å². The highest BCUT2D eigenvalue weighted by molar-refractivity contribution is 5.85. The monoisotopic (exact) mass is 303 g/mol. The molecule has 0 aliphatic heterocycles. The van der Waals surface area contributed by atoms with E-state index >= 15 is 0 Å². The average molecular weight is 303 g/mol. The SMILES string of the molecule is O=C(NC(CC(F)(F)F)C(=O)O)C1CCC(F)(F)CC1. The van der Waals surface area contributed by atoms with Crippen molar-refractivity contribution >= 4 is 11.9 Å². The number of carboxylic acid groups (broad SMARTS) is 1. The van der Waals surface area contributed by atoms with E-state index in [2.05, 4.69) is 0 Å². The number of alkyl halides is 5. The fourth-order valence-electron chi connectivity index (χ4n) is 2.02. The van der Waals surface area contributed by atoms with Crippen LogP contribution in [0.25, 0.3) is 0 Å². The molecule has 0 saturated heterocycles. The number of carbonyl (C=O) groups excluding carboxylic acids is 1. The lowest BCUT2D eigenvalue weighted by Crippen LogP contribution is -2.47. The Balaban J connectivity index is 2.57. The van der Waals surface area contributed by atoms with E-state index in [-0.39, 0.29) is 12.8 Å². The molecule has 1 fully saturated rings. The Morgan fingerprint density at radius 3 is 2.15 bits per heavy atom. The summed E-state index contributed by atoms with van der Waals surface area (Å²) in [7, 11) is 0. The smallest absolute Gasteiger partial charge is 0.391 e. The highest BCUT2D eigenvalue weighted by atomic mass is 19.4. The molecular formula is C11H14F5NO3. The normalized spacial score (nSPS) is 21.2. The second-order valence-corrected chi connectivity index (χ2v) is 4.85. The van der Waals surface area contributed by atoms with Gasteiger partial charge in [0.05, 0.1) is 6.42 Å². The Morgan fingerprint density at radius 1 is 1.25 bits per heavy atom. The van der Waals surface area contributed by atoms with Crippen molar-refractivity contribution < 1.29 is 36.6 Å². The molecule has 20 heavy (non-hydrogen) atoms. The number of carbonyl (C=O) groups is 2. The lowest BCUT2D eigenvalue weighted by molar-refractivity contribution is -0.160. The van der Waals surface area contributed by atoms with Crippen molar-refractivity contribution in [3.05, 3.63) is 0 Å². The maximum absolute atomic E-state index is 12.9. The summed E-state index contributed by atoms with van der Waals surface area (Å²) in [5.74, 6) is -6.46. The molecule has 1 aliphatic carbocycles. The minimum Gasteiger partial charge on any atom is -0.480 e. The summed E-state index contributed by atoms with van der Waals surface area (Å²) >= 11 is 0. The van der Waals surface area contributed by atoms with Crippen LogP contribution in [0, 0.1) is 5.92 Å². The molecule has 116 valence electrons. The molecule has 1 amide bonds. The van der Waals surface area contributed by atoms with Crippen LogP contribution in [0.5, 0.6) is 0 Å². The molecule has 9 heteroatoms. The number of carboxylic acids is 1. The third-order valence-electron chi connectivity index (χ3n) is 3.14. The van der Waals surface area contributed by atoms with Gasteiger partial charge in [0, 0.05) is 18.8 Å². The summed E-state index contributed by atoms with van der Waals surface area (Å²) in [6, 6.07) is -2.09. The summed E-state index contributed by atoms with van der Waals surface area (Å²) in [5, 5.41) is 10.4. The van der Waals surface area contributed by atoms with Gasteiger partial charge in [-0.05, 0) is 12.8 Å². The summed E-state index contributed by atoms with van der Waals surface area (Å²) in [6.07, 6.45) is -7.83. The third-order valence-corrected chi connectivity index (χ3v) is 3.14. The van der Waals surface area contributed by atoms with E-state index in [4.69, 9.17) is 5.11 Å². The first-order chi connectivity index (χ1) is 9.00. The first kappa shape index (κ1) is 16.6. The molecule has 2 N–H and O–H groups in total. The van der Waals surface area contributed by atoms with E-state index in [1.807, 2.05) is 0 Å². The Labute approximate surface area is 111 Å². The van der Waals surface area contributed by atoms with Crippen LogP contribution in [-0.4, -0.2) is 35.1 Å². The number of hydrogen-bond donors (Lipinski definition) is 2. The van der Waals surface area contributed by atoms with Crippen molar-refractivity contribution in [1.82, 2.24) is 5.32 Å². The maximum atomic E-state index is 12.9. The molecule has 1 unspecified atom stereocenters. The lowest BCUT2D eigenvalue weighted by Gasteiger charge is -2.28. The molecule has 0 aromatic heterocycles. The molecule has 1 atom stereocenters. The minimum absolute atomic E-state index is 0.169. The number of aliphatic carboxylic acids is 1. The molecule has 0 radical (unpaired) electrons. The van der Waals surface area contributed by atoms with Gasteiger partial charge in [0.15, 0.2) is 0 Å². The highest BCUT2D eigenvalue weighted by Crippen LogP contribution is 2.36. The van der Waals surface area contributed by atoms with E-state index in [1.165, 1.54) is 0 Å². The summed E-state index contributed by atoms with van der Waals surface area (Å²) in [4.78, 5) is 22.3. The predicted octanol–water partition coefficient (Wildman–Crippen LogP) is 2.33. The first-order valence-corrected chi connectivity index (χ1v) is 5.98. The standard InChI is InChI=1S/C11H14F5NO3/c12-10(13)3-1-6(2-4-10)8(18)17-7(9(19)20)5-11(14,15)16/h6-7H,1-5H2,(H,17,18)(H,19,20). The zero-order chi connectivity index (χ0) is 15.6. The number of rotatable bonds is 4. The van der Waals surface area contributed by atoms with Crippen LogP contribution >= 0.6 is 0 Å². The van der Waals surface area contributed by atoms with Crippen LogP contribution < -0.4 is 5.32 Å². The van der Waals surface area contributed by atoms with Gasteiger partial charge in [-0.1, -0.05) is 0 Å². The van der Waals surface area contributed by atoms with Gasteiger partial charge in [-0.3, -0.25) is 4.79 Å². The van der Waals surface area contributed by atoms with Crippen LogP contribution in [0.3, 0.4) is 0 Å². The molecule has 1 aliphatic rings. The van der Waals surface area contributed by atoms with Crippen molar-refractivity contribution in [2.24, 2.45) is 5.92 Å². The molecule has 1 rings (SSSR count). The average Bonchev–Trinajstić information content (AvgIpc) is 2.25. The van der Waals surface area contributed by atoms with E-state index in [0.29, 0.717) is 0 Å². The van der Waals surface area contributed by atoms with Gasteiger partial charge in [0.1, 0.15) is 6.04 Å². The van der Waals surface area contributed by atoms with Gasteiger partial charge >= 0.3 is 12.1 Å². The fourth-order valence-corrected chi connectivity index (χ4v) is 2.02. The number of amides is 1. The zero-order valence-electron chi connectivity index (χ0n) is 10.3. The molecule has 1 saturated carbocycles. The molecule has 4 nitrogen and oxygen atoms in total. The van der Waals surface area contributed by atoms with Crippen molar-refractivity contribution in [2.75, 3.05) is 0 Å². The van der Waals surface area contributed by atoms with Gasteiger partial charge in [0.25, 0.3) is 0 Å². The van der Waals surface area contributed by atoms with E-state index in [1.54, 1.807) is 5.32 Å². The van der Waals surface area contributed by atoms with Crippen LogP contribution in [0.4, 0.5) is 22.0 Å². The quantitative estimate of drug-likeness (QED) is 0.783. The largest absolute Gasteiger partial charge is 0.480 e. The van der Waals surface area contributed by atoms with E-state index < -0.39 is 55.2 Å². The third kappa shape index (κ3) is 5.30. The van der Waals surface area contributed by atoms with E-state index in [9.17, 15) is 31.5 Å². The van der Waals surface area contributed by atoms with Gasteiger partial charge in [-0.2, -0.15) is 13.2 Å². The number of halogens is 5. The molecule has 0 bridgehead atoms. The van der Waals surface area contributed by atoms with Crippen LogP contribution in [-0.2, 0) is 9.59 Å². The number of nitrogens with one attached hydrogen (secondary N) is 1. The fraction of sp³-hybridized carbons (Fsp3) is 0.818. The second kappa shape index (κ2) is 5.92. The molecule has 0 spiro atoms. The van der Waals surface area contributed by atoms with Crippen LogP contribution in [0.2, 0.25) is 0 Å². The Kier molecular flexibility index (Phi) is 4.93. The highest BCUT2D eigenvalue weighted by Gasteiger charge is 2.40. The summed E-state index contributed by atoms with van der Waals surface area (Å²) in [5.41, 5.74) is 0. The Morgan fingerprint density at radius 2 is 1.75 bits per heavy atom. The predicted molar refractivity (Wildman–Crippen MR) is 57.1 cm³/mol. The molecular weight excluding hydrogens is 289 g/mol. The van der Waals surface area contributed by atoms with Crippen molar-refractivity contribution in [3.8, 4) is 0 Å². The topological polar surface area (TPSA) is 66.4 Å². The molecule has 0 aromatic rings. The van der Waals surface area contributed by atoms with Gasteiger partial charge in [-0.25, -0.2) is 13.6 Å². The van der Waals surface area contributed by atoms with E-state index in [0.717, 1.165) is 0 Å². The minimum atomic E-state index is -4.74. The first-order valence-electron chi connectivity index (χ1n) is 5.98. The lowest BCUT2D eigenvalue weighted by atomic mass is 9.86. The van der Waals surface area contributed by atoms with Gasteiger partial charge in [0.2, 0.25) is 11.8 Å². The van der Waals surface area contributed by atoms with Crippen molar-refractivity contribution in [2.45, 2.75) is 50.2 Å². The maximum Gasteiger partial charge on any atom is 0.391 e. The van der Waals surface area contributed by atoms with Crippen molar-refractivity contribution in [1.29, 1.82) is 0 Å². The Bertz CT molecular complexity index is 373. The second-order valence-electron chi connectivity index (χ2n) is 4.85. The van der Waals surface area contributed by atoms with Crippen molar-refractivity contribution in [3.63, 3.8) is 0 Å².